The van der Waals surface area contributed by atoms with Gasteiger partial charge in [0.2, 0.25) is 0 Å². The molecule has 0 saturated carbocycles. The molecule has 28 heavy (non-hydrogen) atoms. The van der Waals surface area contributed by atoms with Crippen LogP contribution in [0.2, 0.25) is 0 Å². The Hall–Kier alpha value is -2.32. The lowest BCUT2D eigenvalue weighted by Gasteiger charge is -2.19. The van der Waals surface area contributed by atoms with Crippen molar-refractivity contribution in [3.63, 3.8) is 0 Å². The number of hydrogen-bond acceptors (Lipinski definition) is 2. The third kappa shape index (κ3) is 4.74. The highest BCUT2D eigenvalue weighted by Crippen LogP contribution is 2.35. The Bertz CT molecular complexity index is 945. The van der Waals surface area contributed by atoms with Crippen LogP contribution < -0.4 is 0 Å². The van der Waals surface area contributed by atoms with E-state index in [-0.39, 0.29) is 5.41 Å². The second-order valence-electron chi connectivity index (χ2n) is 8.52. The summed E-state index contributed by atoms with van der Waals surface area (Å²) >= 11 is 1.64. The zero-order chi connectivity index (χ0) is 20.3. The largest absolute Gasteiger partial charge is 0.298 e. The van der Waals surface area contributed by atoms with Crippen LogP contribution in [0, 0.1) is 0 Å². The molecule has 0 fully saturated rings. The van der Waals surface area contributed by atoms with E-state index in [0.29, 0.717) is 5.92 Å². The van der Waals surface area contributed by atoms with Gasteiger partial charge in [0.25, 0.3) is 0 Å². The summed E-state index contributed by atoms with van der Waals surface area (Å²) in [4.78, 5) is 13.7. The van der Waals surface area contributed by atoms with Gasteiger partial charge in [0.1, 0.15) is 0 Å². The molecule has 0 aliphatic carbocycles. The molecule has 3 aromatic carbocycles. The average molecular weight is 389 g/mol. The standard InChI is InChI=1S/C26H28OS/c1-18(2)19-6-8-20(9-7-19)21-10-11-22(17-27)25(16-21)28-24-14-12-23(13-15-24)26(3,4)5/h6-18H,1-5H3. The van der Waals surface area contributed by atoms with E-state index in [1.807, 2.05) is 12.1 Å². The highest BCUT2D eigenvalue weighted by molar-refractivity contribution is 7.99. The van der Waals surface area contributed by atoms with E-state index < -0.39 is 0 Å². The predicted octanol–water partition coefficient (Wildman–Crippen LogP) is 7.74. The molecule has 1 nitrogen and oxygen atoms in total. The normalized spacial score (nSPS) is 11.6. The maximum absolute atomic E-state index is 11.6. The number of carbonyl (C=O) groups excluding carboxylic acids is 1. The van der Waals surface area contributed by atoms with Gasteiger partial charge in [-0.15, -0.1) is 0 Å². The van der Waals surface area contributed by atoms with Gasteiger partial charge in [-0.1, -0.05) is 88.8 Å². The van der Waals surface area contributed by atoms with Crippen LogP contribution in [0.5, 0.6) is 0 Å². The Kier molecular flexibility index (Phi) is 6.10. The molecule has 0 aromatic heterocycles. The summed E-state index contributed by atoms with van der Waals surface area (Å²) in [6.45, 7) is 11.1. The topological polar surface area (TPSA) is 17.1 Å². The fourth-order valence-electron chi connectivity index (χ4n) is 3.11. The van der Waals surface area contributed by atoms with E-state index in [4.69, 9.17) is 0 Å². The zero-order valence-corrected chi connectivity index (χ0v) is 18.1. The fourth-order valence-corrected chi connectivity index (χ4v) is 4.06. The van der Waals surface area contributed by atoms with Crippen molar-refractivity contribution in [2.75, 3.05) is 0 Å². The quantitative estimate of drug-likeness (QED) is 0.416. The van der Waals surface area contributed by atoms with E-state index in [1.54, 1.807) is 11.8 Å². The summed E-state index contributed by atoms with van der Waals surface area (Å²) in [5.41, 5.74) is 5.82. The van der Waals surface area contributed by atoms with Gasteiger partial charge < -0.3 is 0 Å². The zero-order valence-electron chi connectivity index (χ0n) is 17.3. The van der Waals surface area contributed by atoms with Crippen molar-refractivity contribution in [3.8, 4) is 11.1 Å². The second kappa shape index (κ2) is 8.36. The van der Waals surface area contributed by atoms with Crippen molar-refractivity contribution in [3.05, 3.63) is 83.4 Å². The lowest BCUT2D eigenvalue weighted by atomic mass is 9.87. The molecule has 2 heteroatoms. The van der Waals surface area contributed by atoms with Gasteiger partial charge in [0.05, 0.1) is 0 Å². The summed E-state index contributed by atoms with van der Waals surface area (Å²) in [7, 11) is 0. The van der Waals surface area contributed by atoms with E-state index in [1.165, 1.54) is 16.7 Å². The number of carbonyl (C=O) groups is 1. The first-order valence-electron chi connectivity index (χ1n) is 9.76. The first-order valence-corrected chi connectivity index (χ1v) is 10.6. The van der Waals surface area contributed by atoms with Crippen molar-refractivity contribution >= 4 is 18.0 Å². The monoisotopic (exact) mass is 388 g/mol. The fraction of sp³-hybridized carbons (Fsp3) is 0.269. The molecule has 3 aromatic rings. The Morgan fingerprint density at radius 1 is 0.821 bits per heavy atom. The molecule has 0 N–H and O–H groups in total. The van der Waals surface area contributed by atoms with Crippen LogP contribution in [0.15, 0.2) is 76.5 Å². The first-order chi connectivity index (χ1) is 13.3. The Morgan fingerprint density at radius 3 is 1.96 bits per heavy atom. The van der Waals surface area contributed by atoms with Crippen LogP contribution in [0.1, 0.15) is 62.0 Å². The molecular formula is C26H28OS. The predicted molar refractivity (Wildman–Crippen MR) is 121 cm³/mol. The molecule has 0 atom stereocenters. The van der Waals surface area contributed by atoms with Crippen LogP contribution >= 0.6 is 11.8 Å². The van der Waals surface area contributed by atoms with Crippen LogP contribution in [0.3, 0.4) is 0 Å². The lowest BCUT2D eigenvalue weighted by molar-refractivity contribution is 0.112. The number of aldehydes is 1. The maximum atomic E-state index is 11.6. The molecule has 0 bridgehead atoms. The summed E-state index contributed by atoms with van der Waals surface area (Å²) in [5.74, 6) is 0.522. The van der Waals surface area contributed by atoms with Gasteiger partial charge in [0.15, 0.2) is 6.29 Å². The highest BCUT2D eigenvalue weighted by Gasteiger charge is 2.13. The van der Waals surface area contributed by atoms with Gasteiger partial charge in [0, 0.05) is 15.4 Å². The number of benzene rings is 3. The van der Waals surface area contributed by atoms with E-state index >= 15 is 0 Å². The van der Waals surface area contributed by atoms with E-state index in [2.05, 4.69) is 89.2 Å². The lowest BCUT2D eigenvalue weighted by Crippen LogP contribution is -2.10. The summed E-state index contributed by atoms with van der Waals surface area (Å²) in [6.07, 6.45) is 0.942. The number of rotatable bonds is 5. The minimum absolute atomic E-state index is 0.138. The van der Waals surface area contributed by atoms with Crippen LogP contribution in [-0.2, 0) is 5.41 Å². The Labute approximate surface area is 173 Å². The second-order valence-corrected chi connectivity index (χ2v) is 9.64. The van der Waals surface area contributed by atoms with Crippen LogP contribution in [0.4, 0.5) is 0 Å². The molecular weight excluding hydrogens is 360 g/mol. The van der Waals surface area contributed by atoms with Crippen molar-refractivity contribution in [2.24, 2.45) is 0 Å². The minimum Gasteiger partial charge on any atom is -0.298 e. The van der Waals surface area contributed by atoms with Gasteiger partial charge in [-0.2, -0.15) is 0 Å². The van der Waals surface area contributed by atoms with Gasteiger partial charge in [-0.3, -0.25) is 4.79 Å². The van der Waals surface area contributed by atoms with Gasteiger partial charge in [-0.25, -0.2) is 0 Å². The smallest absolute Gasteiger partial charge is 0.151 e. The van der Waals surface area contributed by atoms with Crippen LogP contribution in [-0.4, -0.2) is 6.29 Å². The third-order valence-corrected chi connectivity index (χ3v) is 6.08. The molecule has 0 spiro atoms. The highest BCUT2D eigenvalue weighted by atomic mass is 32.2. The molecule has 0 aliphatic rings. The molecule has 144 valence electrons. The summed E-state index contributed by atoms with van der Waals surface area (Å²) < 4.78 is 0. The summed E-state index contributed by atoms with van der Waals surface area (Å²) in [5, 5.41) is 0. The van der Waals surface area contributed by atoms with Crippen molar-refractivity contribution < 1.29 is 4.79 Å². The molecule has 0 unspecified atom stereocenters. The SMILES string of the molecule is CC(C)c1ccc(-c2ccc(C=O)c(Sc3ccc(C(C)(C)C)cc3)c2)cc1. The summed E-state index contributed by atoms with van der Waals surface area (Å²) in [6, 6.07) is 23.4. The third-order valence-electron chi connectivity index (χ3n) is 5.00. The van der Waals surface area contributed by atoms with Gasteiger partial charge >= 0.3 is 0 Å². The molecule has 0 heterocycles. The first kappa shape index (κ1) is 20.4. The Morgan fingerprint density at radius 2 is 1.43 bits per heavy atom. The average Bonchev–Trinajstić information content (AvgIpc) is 2.68. The van der Waals surface area contributed by atoms with Crippen molar-refractivity contribution in [1.82, 2.24) is 0 Å². The molecule has 3 rings (SSSR count). The molecule has 0 aliphatic heterocycles. The van der Waals surface area contributed by atoms with Crippen molar-refractivity contribution in [1.29, 1.82) is 0 Å². The van der Waals surface area contributed by atoms with Gasteiger partial charge in [-0.05, 0) is 57.9 Å². The van der Waals surface area contributed by atoms with E-state index in [0.717, 1.165) is 27.2 Å². The number of hydrogen-bond donors (Lipinski definition) is 0. The molecule has 0 saturated heterocycles. The van der Waals surface area contributed by atoms with E-state index in [9.17, 15) is 4.79 Å². The molecule has 0 radical (unpaired) electrons. The maximum Gasteiger partial charge on any atom is 0.151 e. The molecule has 0 amide bonds. The van der Waals surface area contributed by atoms with Crippen LogP contribution in [0.25, 0.3) is 11.1 Å². The Balaban J connectivity index is 1.90. The minimum atomic E-state index is 0.138. The van der Waals surface area contributed by atoms with Crippen molar-refractivity contribution in [2.45, 2.75) is 55.7 Å².